The Morgan fingerprint density at radius 2 is 1.43 bits per heavy atom. The molecule has 1 heterocycles. The fourth-order valence-electron chi connectivity index (χ4n) is 3.25. The second kappa shape index (κ2) is 8.81. The molecule has 0 amide bonds. The molecule has 0 spiro atoms. The molecule has 7 nitrogen and oxygen atoms in total. The van der Waals surface area contributed by atoms with Gasteiger partial charge < -0.3 is 14.2 Å². The van der Waals surface area contributed by atoms with Crippen LogP contribution in [0.15, 0.2) is 47.4 Å². The molecule has 152 valence electrons. The van der Waals surface area contributed by atoms with Crippen LogP contribution < -0.4 is 14.2 Å². The van der Waals surface area contributed by atoms with E-state index < -0.39 is 10.0 Å². The monoisotopic (exact) mass is 406 g/mol. The Balaban J connectivity index is 1.64. The third kappa shape index (κ3) is 4.40. The van der Waals surface area contributed by atoms with Crippen LogP contribution in [0.4, 0.5) is 0 Å². The molecule has 1 saturated heterocycles. The molecule has 0 aromatic heterocycles. The highest BCUT2D eigenvalue weighted by Gasteiger charge is 2.28. The van der Waals surface area contributed by atoms with Gasteiger partial charge in [-0.15, -0.1) is 0 Å². The number of benzene rings is 2. The van der Waals surface area contributed by atoms with Crippen molar-refractivity contribution < 1.29 is 22.6 Å². The summed E-state index contributed by atoms with van der Waals surface area (Å²) < 4.78 is 43.0. The quantitative estimate of drug-likeness (QED) is 0.702. The minimum absolute atomic E-state index is 0.290. The van der Waals surface area contributed by atoms with Crippen LogP contribution in [-0.4, -0.2) is 65.1 Å². The van der Waals surface area contributed by atoms with Gasteiger partial charge in [0.05, 0.1) is 26.2 Å². The van der Waals surface area contributed by atoms with Crippen LogP contribution in [-0.2, 0) is 16.6 Å². The van der Waals surface area contributed by atoms with Crippen LogP contribution in [0.5, 0.6) is 17.2 Å². The molecule has 1 aliphatic heterocycles. The highest BCUT2D eigenvalue weighted by atomic mass is 32.2. The molecule has 0 saturated carbocycles. The number of sulfonamides is 1. The third-order valence-electron chi connectivity index (χ3n) is 4.92. The van der Waals surface area contributed by atoms with Crippen LogP contribution in [0.1, 0.15) is 5.56 Å². The smallest absolute Gasteiger partial charge is 0.243 e. The van der Waals surface area contributed by atoms with Crippen molar-refractivity contribution in [2.75, 3.05) is 47.5 Å². The summed E-state index contributed by atoms with van der Waals surface area (Å²) in [6.07, 6.45) is 0. The molecule has 0 bridgehead atoms. The lowest BCUT2D eigenvalue weighted by molar-refractivity contribution is 0.180. The summed E-state index contributed by atoms with van der Waals surface area (Å²) in [5, 5.41) is 0. The van der Waals surface area contributed by atoms with Gasteiger partial charge in [0.15, 0.2) is 0 Å². The largest absolute Gasteiger partial charge is 0.497 e. The zero-order chi connectivity index (χ0) is 20.1. The van der Waals surface area contributed by atoms with E-state index in [1.54, 1.807) is 45.6 Å². The van der Waals surface area contributed by atoms with E-state index in [4.69, 9.17) is 14.2 Å². The van der Waals surface area contributed by atoms with E-state index in [1.165, 1.54) is 4.31 Å². The molecule has 0 radical (unpaired) electrons. The molecule has 28 heavy (non-hydrogen) atoms. The molecular formula is C20H26N2O5S. The number of nitrogens with zero attached hydrogens (tertiary/aromatic N) is 2. The van der Waals surface area contributed by atoms with Gasteiger partial charge >= 0.3 is 0 Å². The van der Waals surface area contributed by atoms with Crippen molar-refractivity contribution in [1.29, 1.82) is 0 Å². The Labute approximate surface area is 166 Å². The normalized spacial score (nSPS) is 16.0. The van der Waals surface area contributed by atoms with Gasteiger partial charge in [0, 0.05) is 44.4 Å². The van der Waals surface area contributed by atoms with Gasteiger partial charge in [-0.1, -0.05) is 6.07 Å². The first-order valence-corrected chi connectivity index (χ1v) is 10.5. The summed E-state index contributed by atoms with van der Waals surface area (Å²) in [7, 11) is 1.32. The maximum atomic E-state index is 12.9. The first kappa shape index (κ1) is 20.4. The number of hydrogen-bond acceptors (Lipinski definition) is 6. The molecule has 0 N–H and O–H groups in total. The summed E-state index contributed by atoms with van der Waals surface area (Å²) >= 11 is 0. The van der Waals surface area contributed by atoms with Gasteiger partial charge in [0.2, 0.25) is 10.0 Å². The predicted molar refractivity (Wildman–Crippen MR) is 107 cm³/mol. The molecule has 0 atom stereocenters. The highest BCUT2D eigenvalue weighted by Crippen LogP contribution is 2.27. The second-order valence-corrected chi connectivity index (χ2v) is 8.47. The maximum absolute atomic E-state index is 12.9. The van der Waals surface area contributed by atoms with Crippen molar-refractivity contribution in [3.63, 3.8) is 0 Å². The number of hydrogen-bond donors (Lipinski definition) is 0. The summed E-state index contributed by atoms with van der Waals surface area (Å²) in [4.78, 5) is 2.52. The number of ether oxygens (including phenoxy) is 3. The van der Waals surface area contributed by atoms with Crippen molar-refractivity contribution >= 4 is 10.0 Å². The average molecular weight is 407 g/mol. The average Bonchev–Trinajstić information content (AvgIpc) is 2.74. The minimum Gasteiger partial charge on any atom is -0.497 e. The molecule has 2 aromatic rings. The van der Waals surface area contributed by atoms with E-state index in [-0.39, 0.29) is 0 Å². The molecule has 8 heteroatoms. The molecule has 2 aromatic carbocycles. The predicted octanol–water partition coefficient (Wildman–Crippen LogP) is 2.22. The fraction of sp³-hybridized carbons (Fsp3) is 0.400. The summed E-state index contributed by atoms with van der Waals surface area (Å²) in [6.45, 7) is 2.92. The lowest BCUT2D eigenvalue weighted by Gasteiger charge is -2.34. The Bertz CT molecular complexity index is 891. The van der Waals surface area contributed by atoms with Gasteiger partial charge in [-0.25, -0.2) is 8.42 Å². The van der Waals surface area contributed by atoms with Gasteiger partial charge in [0.1, 0.15) is 17.2 Å². The Morgan fingerprint density at radius 3 is 2.00 bits per heavy atom. The summed E-state index contributed by atoms with van der Waals surface area (Å²) in [5.74, 6) is 2.15. The fourth-order valence-corrected chi connectivity index (χ4v) is 4.67. The van der Waals surface area contributed by atoms with Crippen LogP contribution in [0.25, 0.3) is 0 Å². The van der Waals surface area contributed by atoms with E-state index in [2.05, 4.69) is 4.90 Å². The highest BCUT2D eigenvalue weighted by molar-refractivity contribution is 7.89. The third-order valence-corrected chi connectivity index (χ3v) is 6.83. The number of piperazine rings is 1. The summed E-state index contributed by atoms with van der Waals surface area (Å²) in [5.41, 5.74) is 1.05. The second-order valence-electron chi connectivity index (χ2n) is 6.53. The van der Waals surface area contributed by atoms with Crippen LogP contribution >= 0.6 is 0 Å². The molecule has 1 fully saturated rings. The van der Waals surface area contributed by atoms with Gasteiger partial charge in [-0.3, -0.25) is 4.90 Å². The van der Waals surface area contributed by atoms with Crippen LogP contribution in [0.3, 0.4) is 0 Å². The Kier molecular flexibility index (Phi) is 6.43. The SMILES string of the molecule is COc1ccc(S(=O)(=O)N2CCN(Cc3ccc(OC)cc3OC)CC2)cc1. The molecule has 0 unspecified atom stereocenters. The zero-order valence-electron chi connectivity index (χ0n) is 16.4. The van der Waals surface area contributed by atoms with Gasteiger partial charge in [0.25, 0.3) is 0 Å². The maximum Gasteiger partial charge on any atom is 0.243 e. The standard InChI is InChI=1S/C20H26N2O5S/c1-25-17-6-8-19(9-7-17)28(23,24)22-12-10-21(11-13-22)15-16-4-5-18(26-2)14-20(16)27-3/h4-9,14H,10-13,15H2,1-3H3. The van der Waals surface area contributed by atoms with Crippen molar-refractivity contribution in [3.05, 3.63) is 48.0 Å². The van der Waals surface area contributed by atoms with Crippen molar-refractivity contribution in [3.8, 4) is 17.2 Å². The number of rotatable bonds is 7. The minimum atomic E-state index is -3.50. The van der Waals surface area contributed by atoms with Gasteiger partial charge in [-0.2, -0.15) is 4.31 Å². The summed E-state index contributed by atoms with van der Waals surface area (Å²) in [6, 6.07) is 12.3. The first-order chi connectivity index (χ1) is 13.5. The lowest BCUT2D eigenvalue weighted by Crippen LogP contribution is -2.48. The first-order valence-electron chi connectivity index (χ1n) is 9.05. The zero-order valence-corrected chi connectivity index (χ0v) is 17.2. The van der Waals surface area contributed by atoms with E-state index in [9.17, 15) is 8.42 Å². The van der Waals surface area contributed by atoms with E-state index in [1.807, 2.05) is 18.2 Å². The molecular weight excluding hydrogens is 380 g/mol. The van der Waals surface area contributed by atoms with E-state index in [0.29, 0.717) is 43.4 Å². The Morgan fingerprint density at radius 1 is 0.821 bits per heavy atom. The van der Waals surface area contributed by atoms with E-state index in [0.717, 1.165) is 17.1 Å². The van der Waals surface area contributed by atoms with Gasteiger partial charge in [-0.05, 0) is 30.3 Å². The Hall–Kier alpha value is -2.29. The van der Waals surface area contributed by atoms with Crippen molar-refractivity contribution in [2.24, 2.45) is 0 Å². The van der Waals surface area contributed by atoms with Crippen molar-refractivity contribution in [2.45, 2.75) is 11.4 Å². The van der Waals surface area contributed by atoms with Crippen LogP contribution in [0.2, 0.25) is 0 Å². The lowest BCUT2D eigenvalue weighted by atomic mass is 10.1. The number of methoxy groups -OCH3 is 3. The van der Waals surface area contributed by atoms with E-state index >= 15 is 0 Å². The topological polar surface area (TPSA) is 68.3 Å². The molecule has 1 aliphatic rings. The molecule has 3 rings (SSSR count). The van der Waals surface area contributed by atoms with Crippen molar-refractivity contribution in [1.82, 2.24) is 9.21 Å². The van der Waals surface area contributed by atoms with Crippen LogP contribution in [0, 0.1) is 0 Å². The molecule has 0 aliphatic carbocycles.